The van der Waals surface area contributed by atoms with E-state index in [4.69, 9.17) is 19.5 Å². The third kappa shape index (κ3) is 4.11. The van der Waals surface area contributed by atoms with Gasteiger partial charge in [0.2, 0.25) is 0 Å². The third-order valence-corrected chi connectivity index (χ3v) is 10.8. The van der Waals surface area contributed by atoms with E-state index < -0.39 is 24.9 Å². The van der Waals surface area contributed by atoms with E-state index in [2.05, 4.69) is 36.4 Å². The molecule has 0 radical (unpaired) electrons. The van der Waals surface area contributed by atoms with Crippen molar-refractivity contribution in [3.8, 4) is 22.6 Å². The number of rotatable bonds is 8. The summed E-state index contributed by atoms with van der Waals surface area (Å²) in [6, 6.07) is 21.6. The number of ether oxygens (including phenoxy) is 1. The fourth-order valence-electron chi connectivity index (χ4n) is 8.03. The zero-order valence-electron chi connectivity index (χ0n) is 22.7. The molecule has 3 aromatic carbocycles. The SMILES string of the molecule is NC1CCC23c4c5ccc(O)c4OC2C(=O)CCC3(OP(=O)(O)OCCCc2ccc(-c3ccccc3)cc2)C1C5. The number of hydrogen-bond donors (Lipinski definition) is 3. The second-order valence-electron chi connectivity index (χ2n) is 11.8. The van der Waals surface area contributed by atoms with Gasteiger partial charge in [-0.05, 0) is 66.8 Å². The number of benzene rings is 3. The Morgan fingerprint density at radius 1 is 1.02 bits per heavy atom. The van der Waals surface area contributed by atoms with Crippen molar-refractivity contribution in [1.82, 2.24) is 0 Å². The molecule has 7 rings (SSSR count). The summed E-state index contributed by atoms with van der Waals surface area (Å²) in [5.74, 6) is -0.140. The van der Waals surface area contributed by atoms with Crippen molar-refractivity contribution in [2.45, 2.75) is 68.1 Å². The summed E-state index contributed by atoms with van der Waals surface area (Å²) in [7, 11) is -4.55. The molecule has 1 heterocycles. The molecule has 2 bridgehead atoms. The van der Waals surface area contributed by atoms with E-state index in [9.17, 15) is 19.4 Å². The van der Waals surface area contributed by atoms with Crippen molar-refractivity contribution >= 4 is 13.6 Å². The lowest BCUT2D eigenvalue weighted by molar-refractivity contribution is -0.175. The average Bonchev–Trinajstić information content (AvgIpc) is 3.33. The monoisotopic (exact) mass is 575 g/mol. The van der Waals surface area contributed by atoms with Crippen LogP contribution in [0.25, 0.3) is 11.1 Å². The molecule has 2 saturated carbocycles. The smallest absolute Gasteiger partial charge is 0.472 e. The molecule has 6 atom stereocenters. The summed E-state index contributed by atoms with van der Waals surface area (Å²) in [6.45, 7) is 0.0372. The van der Waals surface area contributed by atoms with E-state index in [1.165, 1.54) is 0 Å². The van der Waals surface area contributed by atoms with Gasteiger partial charge < -0.3 is 20.5 Å². The van der Waals surface area contributed by atoms with Crippen molar-refractivity contribution in [2.75, 3.05) is 6.61 Å². The van der Waals surface area contributed by atoms with E-state index in [0.717, 1.165) is 27.8 Å². The highest BCUT2D eigenvalue weighted by molar-refractivity contribution is 7.47. The molecule has 8 nitrogen and oxygen atoms in total. The van der Waals surface area contributed by atoms with Crippen molar-refractivity contribution in [3.05, 3.63) is 83.4 Å². The molecule has 6 unspecified atom stereocenters. The van der Waals surface area contributed by atoms with Crippen LogP contribution in [0.1, 0.15) is 48.8 Å². The summed E-state index contributed by atoms with van der Waals surface area (Å²) in [5.41, 5.74) is 9.50. The molecule has 3 aliphatic carbocycles. The standard InChI is InChI=1S/C32H34NO7P/c33-25-14-16-31-28-23-12-13-26(34)29(28)39-30(31)27(35)15-17-32(31,24(25)19-23)40-41(36,37)38-18-4-5-20-8-10-22(11-9-20)21-6-2-1-3-7-21/h1-3,6-13,24-25,30,34H,4-5,14-19,33H2,(H,36,37). The lowest BCUT2D eigenvalue weighted by Gasteiger charge is -2.62. The number of phosphoric ester groups is 1. The minimum absolute atomic E-state index is 0.0372. The number of phenolic OH excluding ortho intramolecular Hbond substituents is 1. The average molecular weight is 576 g/mol. The predicted molar refractivity (Wildman–Crippen MR) is 153 cm³/mol. The molecule has 41 heavy (non-hydrogen) atoms. The van der Waals surface area contributed by atoms with Gasteiger partial charge in [-0.2, -0.15) is 0 Å². The molecular formula is C32H34NO7P. The van der Waals surface area contributed by atoms with E-state index in [1.807, 2.05) is 24.3 Å². The van der Waals surface area contributed by atoms with Crippen molar-refractivity contribution < 1.29 is 33.1 Å². The van der Waals surface area contributed by atoms with Crippen LogP contribution in [0.3, 0.4) is 0 Å². The second-order valence-corrected chi connectivity index (χ2v) is 13.2. The van der Waals surface area contributed by atoms with Gasteiger partial charge in [0.1, 0.15) is 0 Å². The number of aryl methyl sites for hydroxylation is 1. The van der Waals surface area contributed by atoms with Crippen LogP contribution in [-0.2, 0) is 36.7 Å². The highest BCUT2D eigenvalue weighted by Crippen LogP contribution is 2.70. The number of ketones is 1. The Morgan fingerprint density at radius 3 is 2.56 bits per heavy atom. The topological polar surface area (TPSA) is 128 Å². The number of aromatic hydroxyl groups is 1. The summed E-state index contributed by atoms with van der Waals surface area (Å²) in [5, 5.41) is 10.6. The maximum atomic E-state index is 13.6. The first-order valence-electron chi connectivity index (χ1n) is 14.4. The number of hydrogen-bond acceptors (Lipinski definition) is 7. The fourth-order valence-corrected chi connectivity index (χ4v) is 9.25. The number of phenols is 1. The minimum atomic E-state index is -4.55. The number of Topliss-reactive ketones (excluding diaryl/α,β-unsaturated/α-hetero) is 1. The quantitative estimate of drug-likeness (QED) is 0.246. The van der Waals surface area contributed by atoms with Crippen LogP contribution in [0.4, 0.5) is 0 Å². The molecule has 9 heteroatoms. The van der Waals surface area contributed by atoms with Gasteiger partial charge in [-0.15, -0.1) is 0 Å². The Kier molecular flexibility index (Phi) is 6.41. The Labute approximate surface area is 239 Å². The van der Waals surface area contributed by atoms with Gasteiger partial charge in [0.25, 0.3) is 0 Å². The number of phosphoric acid groups is 1. The highest BCUT2D eigenvalue weighted by atomic mass is 31.2. The van der Waals surface area contributed by atoms with E-state index in [1.54, 1.807) is 6.07 Å². The van der Waals surface area contributed by atoms with Crippen molar-refractivity contribution in [1.29, 1.82) is 0 Å². The molecule has 0 saturated heterocycles. The lowest BCUT2D eigenvalue weighted by atomic mass is 9.45. The van der Waals surface area contributed by atoms with Crippen LogP contribution in [0.15, 0.2) is 66.7 Å². The first kappa shape index (κ1) is 26.9. The van der Waals surface area contributed by atoms with Crippen LogP contribution in [0.5, 0.6) is 11.5 Å². The number of carbonyl (C=O) groups excluding carboxylic acids is 1. The van der Waals surface area contributed by atoms with Crippen LogP contribution in [-0.4, -0.2) is 40.1 Å². The maximum Gasteiger partial charge on any atom is 0.472 e. The Bertz CT molecular complexity index is 1540. The minimum Gasteiger partial charge on any atom is -0.504 e. The molecule has 1 aliphatic heterocycles. The molecule has 0 aromatic heterocycles. The van der Waals surface area contributed by atoms with Crippen LogP contribution >= 0.6 is 7.82 Å². The van der Waals surface area contributed by atoms with Crippen molar-refractivity contribution in [2.24, 2.45) is 11.7 Å². The normalized spacial score (nSPS) is 30.8. The van der Waals surface area contributed by atoms with Gasteiger partial charge in [-0.3, -0.25) is 13.8 Å². The third-order valence-electron chi connectivity index (χ3n) is 9.77. The molecule has 0 amide bonds. The predicted octanol–water partition coefficient (Wildman–Crippen LogP) is 5.22. The summed E-state index contributed by atoms with van der Waals surface area (Å²) >= 11 is 0. The number of nitrogens with two attached hydrogens (primary N) is 1. The Balaban J connectivity index is 1.10. The summed E-state index contributed by atoms with van der Waals surface area (Å²) in [4.78, 5) is 24.3. The summed E-state index contributed by atoms with van der Waals surface area (Å²) < 4.78 is 31.5. The van der Waals surface area contributed by atoms with Crippen LogP contribution in [0, 0.1) is 5.92 Å². The first-order chi connectivity index (χ1) is 19.7. The van der Waals surface area contributed by atoms with Gasteiger partial charge in [0, 0.05) is 23.9 Å². The largest absolute Gasteiger partial charge is 0.504 e. The van der Waals surface area contributed by atoms with E-state index in [-0.39, 0.29) is 48.7 Å². The molecule has 4 aliphatic rings. The molecule has 2 fully saturated rings. The fraction of sp³-hybridized carbons (Fsp3) is 0.406. The van der Waals surface area contributed by atoms with Gasteiger partial charge in [-0.25, -0.2) is 4.57 Å². The van der Waals surface area contributed by atoms with Crippen LogP contribution < -0.4 is 10.5 Å². The summed E-state index contributed by atoms with van der Waals surface area (Å²) in [6.07, 6.45) is 2.30. The molecule has 214 valence electrons. The van der Waals surface area contributed by atoms with E-state index >= 15 is 0 Å². The first-order valence-corrected chi connectivity index (χ1v) is 15.9. The zero-order chi connectivity index (χ0) is 28.4. The number of carbonyl (C=O) groups is 1. The van der Waals surface area contributed by atoms with Crippen molar-refractivity contribution in [3.63, 3.8) is 0 Å². The van der Waals surface area contributed by atoms with Gasteiger partial charge in [0.05, 0.1) is 17.6 Å². The molecule has 4 N–H and O–H groups in total. The Hall–Kier alpha value is -3.00. The van der Waals surface area contributed by atoms with Crippen LogP contribution in [0.2, 0.25) is 0 Å². The highest BCUT2D eigenvalue weighted by Gasteiger charge is 2.75. The lowest BCUT2D eigenvalue weighted by Crippen LogP contribution is -2.73. The second kappa shape index (κ2) is 9.79. The zero-order valence-corrected chi connectivity index (χ0v) is 23.6. The molecule has 3 aromatic rings. The van der Waals surface area contributed by atoms with Gasteiger partial charge in [-0.1, -0.05) is 60.7 Å². The molecule has 1 spiro atoms. The molecular weight excluding hydrogens is 541 g/mol. The van der Waals surface area contributed by atoms with E-state index in [0.29, 0.717) is 32.1 Å². The Morgan fingerprint density at radius 2 is 1.78 bits per heavy atom. The van der Waals surface area contributed by atoms with Gasteiger partial charge >= 0.3 is 7.82 Å². The maximum absolute atomic E-state index is 13.6. The van der Waals surface area contributed by atoms with Gasteiger partial charge in [0.15, 0.2) is 23.4 Å².